The van der Waals surface area contributed by atoms with Crippen LogP contribution in [0.5, 0.6) is 6.01 Å². The first-order valence-electron chi connectivity index (χ1n) is 5.81. The zero-order valence-corrected chi connectivity index (χ0v) is 9.48. The van der Waals surface area contributed by atoms with Crippen molar-refractivity contribution < 1.29 is 9.47 Å². The van der Waals surface area contributed by atoms with E-state index < -0.39 is 0 Å². The van der Waals surface area contributed by atoms with Gasteiger partial charge in [0.15, 0.2) is 0 Å². The molecule has 1 fully saturated rings. The van der Waals surface area contributed by atoms with Crippen LogP contribution in [0.3, 0.4) is 0 Å². The third kappa shape index (κ3) is 2.19. The lowest BCUT2D eigenvalue weighted by Crippen LogP contribution is -2.26. The minimum absolute atomic E-state index is 0.196. The van der Waals surface area contributed by atoms with E-state index in [-0.39, 0.29) is 6.10 Å². The molecule has 1 aromatic carbocycles. The average molecular weight is 233 g/mol. The molecule has 90 valence electrons. The molecule has 0 aliphatic carbocycles. The van der Waals surface area contributed by atoms with E-state index in [0.717, 1.165) is 42.8 Å². The summed E-state index contributed by atoms with van der Waals surface area (Å²) < 4.78 is 11.1. The lowest BCUT2D eigenvalue weighted by molar-refractivity contribution is 0.0222. The highest BCUT2D eigenvalue weighted by Crippen LogP contribution is 2.20. The number of aromatic nitrogens is 2. The van der Waals surface area contributed by atoms with E-state index in [4.69, 9.17) is 15.2 Å². The summed E-state index contributed by atoms with van der Waals surface area (Å²) >= 11 is 0. The lowest BCUT2D eigenvalue weighted by Gasteiger charge is -2.21. The maximum atomic E-state index is 5.79. The summed E-state index contributed by atoms with van der Waals surface area (Å²) in [6.07, 6.45) is 2.03. The van der Waals surface area contributed by atoms with Crippen LogP contribution in [-0.4, -0.2) is 29.3 Å². The number of H-pyrrole nitrogens is 1. The van der Waals surface area contributed by atoms with Crippen LogP contribution in [0.15, 0.2) is 18.2 Å². The molecular weight excluding hydrogens is 218 g/mol. The Bertz CT molecular complexity index is 517. The first kappa shape index (κ1) is 10.4. The van der Waals surface area contributed by atoms with Crippen LogP contribution >= 0.6 is 0 Å². The van der Waals surface area contributed by atoms with Crippen molar-refractivity contribution in [3.05, 3.63) is 18.2 Å². The number of hydrogen-bond acceptors (Lipinski definition) is 4. The topological polar surface area (TPSA) is 73.2 Å². The van der Waals surface area contributed by atoms with E-state index in [1.807, 2.05) is 18.2 Å². The summed E-state index contributed by atoms with van der Waals surface area (Å²) in [5.41, 5.74) is 8.22. The number of imidazole rings is 1. The molecule has 1 aliphatic heterocycles. The second-order valence-corrected chi connectivity index (χ2v) is 4.25. The first-order chi connectivity index (χ1) is 8.31. The van der Waals surface area contributed by atoms with Crippen LogP contribution < -0.4 is 10.5 Å². The number of aromatic amines is 1. The van der Waals surface area contributed by atoms with Gasteiger partial charge in [-0.15, -0.1) is 0 Å². The van der Waals surface area contributed by atoms with Gasteiger partial charge >= 0.3 is 0 Å². The molecule has 2 aromatic rings. The molecule has 3 rings (SSSR count). The molecule has 0 atom stereocenters. The van der Waals surface area contributed by atoms with Gasteiger partial charge in [-0.05, 0) is 18.2 Å². The van der Waals surface area contributed by atoms with E-state index >= 15 is 0 Å². The summed E-state index contributed by atoms with van der Waals surface area (Å²) in [4.78, 5) is 7.50. The van der Waals surface area contributed by atoms with Crippen LogP contribution in [0.2, 0.25) is 0 Å². The van der Waals surface area contributed by atoms with Gasteiger partial charge in [0.05, 0.1) is 24.2 Å². The number of fused-ring (bicyclic) bond motifs is 1. The fourth-order valence-corrected chi connectivity index (χ4v) is 2.01. The Labute approximate surface area is 98.9 Å². The number of benzene rings is 1. The molecule has 0 bridgehead atoms. The standard InChI is InChI=1S/C12H15N3O2/c13-8-1-2-10-11(7-8)15-12(14-10)17-9-3-5-16-6-4-9/h1-2,7,9H,3-6,13H2,(H,14,15). The summed E-state index contributed by atoms with van der Waals surface area (Å²) in [5.74, 6) is 0. The largest absolute Gasteiger partial charge is 0.461 e. The van der Waals surface area contributed by atoms with Crippen molar-refractivity contribution in [1.29, 1.82) is 0 Å². The Morgan fingerprint density at radius 2 is 2.18 bits per heavy atom. The molecule has 0 spiro atoms. The van der Waals surface area contributed by atoms with Gasteiger partial charge in [0.2, 0.25) is 0 Å². The van der Waals surface area contributed by atoms with Gasteiger partial charge in [0.25, 0.3) is 6.01 Å². The van der Waals surface area contributed by atoms with Crippen LogP contribution in [0.1, 0.15) is 12.8 Å². The van der Waals surface area contributed by atoms with Gasteiger partial charge in [-0.3, -0.25) is 0 Å². The summed E-state index contributed by atoms with van der Waals surface area (Å²) in [7, 11) is 0. The van der Waals surface area contributed by atoms with Crippen molar-refractivity contribution in [2.45, 2.75) is 18.9 Å². The summed E-state index contributed by atoms with van der Waals surface area (Å²) in [5, 5.41) is 0. The normalized spacial score (nSPS) is 17.4. The minimum atomic E-state index is 0.196. The molecule has 0 radical (unpaired) electrons. The second-order valence-electron chi connectivity index (χ2n) is 4.25. The number of rotatable bonds is 2. The Hall–Kier alpha value is -1.75. The number of hydrogen-bond donors (Lipinski definition) is 2. The predicted molar refractivity (Wildman–Crippen MR) is 65.0 cm³/mol. The van der Waals surface area contributed by atoms with Crippen LogP contribution in [0.4, 0.5) is 5.69 Å². The molecule has 0 unspecified atom stereocenters. The molecule has 0 saturated carbocycles. The maximum absolute atomic E-state index is 5.79. The van der Waals surface area contributed by atoms with Gasteiger partial charge in [-0.2, -0.15) is 4.98 Å². The van der Waals surface area contributed by atoms with Gasteiger partial charge < -0.3 is 20.2 Å². The Morgan fingerprint density at radius 1 is 1.35 bits per heavy atom. The van der Waals surface area contributed by atoms with Crippen molar-refractivity contribution >= 4 is 16.7 Å². The minimum Gasteiger partial charge on any atom is -0.461 e. The number of ether oxygens (including phenoxy) is 2. The number of nitrogens with two attached hydrogens (primary N) is 1. The lowest BCUT2D eigenvalue weighted by atomic mass is 10.2. The van der Waals surface area contributed by atoms with Crippen molar-refractivity contribution in [3.8, 4) is 6.01 Å². The Morgan fingerprint density at radius 3 is 3.00 bits per heavy atom. The van der Waals surface area contributed by atoms with E-state index in [1.54, 1.807) is 0 Å². The molecule has 0 amide bonds. The fourth-order valence-electron chi connectivity index (χ4n) is 2.01. The van der Waals surface area contributed by atoms with E-state index in [9.17, 15) is 0 Å². The zero-order valence-electron chi connectivity index (χ0n) is 9.48. The van der Waals surface area contributed by atoms with Crippen LogP contribution in [-0.2, 0) is 4.74 Å². The van der Waals surface area contributed by atoms with Crippen LogP contribution in [0, 0.1) is 0 Å². The van der Waals surface area contributed by atoms with Crippen molar-refractivity contribution in [2.75, 3.05) is 18.9 Å². The highest BCUT2D eigenvalue weighted by molar-refractivity contribution is 5.79. The molecule has 5 nitrogen and oxygen atoms in total. The maximum Gasteiger partial charge on any atom is 0.294 e. The van der Waals surface area contributed by atoms with Gasteiger partial charge in [-0.1, -0.05) is 0 Å². The third-order valence-corrected chi connectivity index (χ3v) is 2.93. The van der Waals surface area contributed by atoms with Gasteiger partial charge in [0.1, 0.15) is 6.10 Å². The molecule has 1 aliphatic rings. The van der Waals surface area contributed by atoms with Crippen LogP contribution in [0.25, 0.3) is 11.0 Å². The molecule has 3 N–H and O–H groups in total. The fraction of sp³-hybridized carbons (Fsp3) is 0.417. The molecular formula is C12H15N3O2. The number of nitrogens with zero attached hydrogens (tertiary/aromatic N) is 1. The SMILES string of the molecule is Nc1ccc2nc(OC3CCOCC3)[nH]c2c1. The van der Waals surface area contributed by atoms with Crippen molar-refractivity contribution in [1.82, 2.24) is 9.97 Å². The Balaban J connectivity index is 1.80. The Kier molecular flexibility index (Phi) is 2.60. The molecule has 1 aromatic heterocycles. The van der Waals surface area contributed by atoms with E-state index in [2.05, 4.69) is 9.97 Å². The first-order valence-corrected chi connectivity index (χ1v) is 5.81. The zero-order chi connectivity index (χ0) is 11.7. The molecule has 2 heterocycles. The molecule has 5 heteroatoms. The van der Waals surface area contributed by atoms with E-state index in [1.165, 1.54) is 0 Å². The number of nitrogens with one attached hydrogen (secondary N) is 1. The highest BCUT2D eigenvalue weighted by atomic mass is 16.5. The quantitative estimate of drug-likeness (QED) is 0.774. The predicted octanol–water partition coefficient (Wildman–Crippen LogP) is 1.70. The second kappa shape index (κ2) is 4.25. The highest BCUT2D eigenvalue weighted by Gasteiger charge is 2.16. The summed E-state index contributed by atoms with van der Waals surface area (Å²) in [6, 6.07) is 6.15. The monoisotopic (exact) mass is 233 g/mol. The van der Waals surface area contributed by atoms with Gasteiger partial charge in [0, 0.05) is 18.5 Å². The van der Waals surface area contributed by atoms with Crippen molar-refractivity contribution in [2.24, 2.45) is 0 Å². The average Bonchev–Trinajstić information content (AvgIpc) is 2.71. The summed E-state index contributed by atoms with van der Waals surface area (Å²) in [6.45, 7) is 1.52. The van der Waals surface area contributed by atoms with Crippen molar-refractivity contribution in [3.63, 3.8) is 0 Å². The smallest absolute Gasteiger partial charge is 0.294 e. The molecule has 1 saturated heterocycles. The molecule has 17 heavy (non-hydrogen) atoms. The van der Waals surface area contributed by atoms with E-state index in [0.29, 0.717) is 6.01 Å². The third-order valence-electron chi connectivity index (χ3n) is 2.93. The van der Waals surface area contributed by atoms with Gasteiger partial charge in [-0.25, -0.2) is 0 Å². The number of nitrogen functional groups attached to an aromatic ring is 1. The number of anilines is 1.